The Labute approximate surface area is 161 Å². The number of H-pyrrole nitrogens is 1. The third-order valence-electron chi connectivity index (χ3n) is 4.61. The van der Waals surface area contributed by atoms with Gasteiger partial charge in [0.05, 0.1) is 27.0 Å². The van der Waals surface area contributed by atoms with E-state index < -0.39 is 0 Å². The second kappa shape index (κ2) is 5.89. The van der Waals surface area contributed by atoms with Gasteiger partial charge in [-0.3, -0.25) is 4.79 Å². The van der Waals surface area contributed by atoms with Crippen LogP contribution >= 0.6 is 11.3 Å². The molecule has 0 aliphatic heterocycles. The van der Waals surface area contributed by atoms with Gasteiger partial charge in [-0.05, 0) is 36.6 Å². The molecule has 0 unspecified atom stereocenters. The molecule has 5 aromatic rings. The van der Waals surface area contributed by atoms with Crippen LogP contribution in [0, 0.1) is 6.92 Å². The molecule has 28 heavy (non-hydrogen) atoms. The largest absolute Gasteiger partial charge is 0.507 e. The third kappa shape index (κ3) is 2.37. The maximum absolute atomic E-state index is 11.8. The predicted molar refractivity (Wildman–Crippen MR) is 106 cm³/mol. The lowest BCUT2D eigenvalue weighted by Crippen LogP contribution is -2.08. The Bertz CT molecular complexity index is 1430. The Balaban J connectivity index is 1.80. The Morgan fingerprint density at radius 1 is 1.14 bits per heavy atom. The van der Waals surface area contributed by atoms with Crippen LogP contribution in [0.1, 0.15) is 5.56 Å². The Morgan fingerprint density at radius 3 is 2.86 bits per heavy atom. The van der Waals surface area contributed by atoms with Crippen molar-refractivity contribution in [3.05, 3.63) is 57.8 Å². The summed E-state index contributed by atoms with van der Waals surface area (Å²) >= 11 is 1.48. The van der Waals surface area contributed by atoms with Gasteiger partial charge in [-0.15, -0.1) is 16.4 Å². The van der Waals surface area contributed by atoms with Crippen molar-refractivity contribution in [2.45, 2.75) is 6.92 Å². The number of phenols is 1. The van der Waals surface area contributed by atoms with Crippen molar-refractivity contribution in [2.75, 3.05) is 0 Å². The fourth-order valence-corrected chi connectivity index (χ4v) is 3.95. The van der Waals surface area contributed by atoms with E-state index in [4.69, 9.17) is 0 Å². The zero-order valence-electron chi connectivity index (χ0n) is 14.5. The molecule has 9 heteroatoms. The highest BCUT2D eigenvalue weighted by Crippen LogP contribution is 2.36. The SMILES string of the molecule is Cc1cc2cc(-c3nnc(O)n3-c3cccc4scnc34)c(O)cc2[nH]c1=O. The summed E-state index contributed by atoms with van der Waals surface area (Å²) in [6, 6.07) is 10.2. The minimum atomic E-state index is -0.312. The van der Waals surface area contributed by atoms with Crippen LogP contribution in [0.2, 0.25) is 0 Å². The number of hydrogen-bond acceptors (Lipinski definition) is 7. The number of rotatable bonds is 2. The number of phenolic OH excluding ortho intramolecular Hbond substituents is 1. The fourth-order valence-electron chi connectivity index (χ4n) is 3.26. The predicted octanol–water partition coefficient (Wildman–Crippen LogP) is 3.11. The topological polar surface area (TPSA) is 117 Å². The molecule has 5 rings (SSSR count). The molecule has 3 aromatic heterocycles. The number of aromatic nitrogens is 5. The summed E-state index contributed by atoms with van der Waals surface area (Å²) in [5, 5.41) is 29.5. The van der Waals surface area contributed by atoms with Crippen LogP contribution in [-0.4, -0.2) is 34.9 Å². The molecule has 0 radical (unpaired) electrons. The first-order chi connectivity index (χ1) is 13.5. The number of pyridine rings is 1. The van der Waals surface area contributed by atoms with E-state index in [1.54, 1.807) is 30.6 Å². The molecule has 0 amide bonds. The number of aromatic amines is 1. The van der Waals surface area contributed by atoms with Gasteiger partial charge in [0.25, 0.3) is 5.56 Å². The zero-order chi connectivity index (χ0) is 19.4. The first-order valence-electron chi connectivity index (χ1n) is 8.37. The molecule has 0 saturated heterocycles. The van der Waals surface area contributed by atoms with Crippen LogP contribution in [0.3, 0.4) is 0 Å². The van der Waals surface area contributed by atoms with Crippen molar-refractivity contribution in [1.29, 1.82) is 0 Å². The molecular formula is C19H13N5O3S. The molecule has 0 aliphatic rings. The molecule has 2 aromatic carbocycles. The lowest BCUT2D eigenvalue weighted by atomic mass is 10.1. The molecule has 0 saturated carbocycles. The highest BCUT2D eigenvalue weighted by Gasteiger charge is 2.21. The monoisotopic (exact) mass is 391 g/mol. The first-order valence-corrected chi connectivity index (χ1v) is 9.25. The number of fused-ring (bicyclic) bond motifs is 2. The summed E-state index contributed by atoms with van der Waals surface area (Å²) in [4.78, 5) is 18.9. The quantitative estimate of drug-likeness (QED) is 0.426. The summed E-state index contributed by atoms with van der Waals surface area (Å²) in [5.41, 5.74) is 4.25. The molecule has 0 atom stereocenters. The molecular weight excluding hydrogens is 378 g/mol. The van der Waals surface area contributed by atoms with E-state index in [1.807, 2.05) is 12.1 Å². The third-order valence-corrected chi connectivity index (χ3v) is 5.41. The van der Waals surface area contributed by atoms with Crippen molar-refractivity contribution < 1.29 is 10.2 Å². The van der Waals surface area contributed by atoms with Crippen LogP contribution in [0.5, 0.6) is 11.8 Å². The lowest BCUT2D eigenvalue weighted by molar-refractivity contribution is 0.420. The smallest absolute Gasteiger partial charge is 0.319 e. The van der Waals surface area contributed by atoms with E-state index in [0.29, 0.717) is 27.8 Å². The summed E-state index contributed by atoms with van der Waals surface area (Å²) in [6.45, 7) is 1.71. The standard InChI is InChI=1S/C19H13N5O3S/c1-9-5-10-6-11(14(25)7-12(10)21-18(9)26)17-22-23-19(27)24(17)13-3-2-4-15-16(13)20-8-28-15/h2-8,25H,1H3,(H,21,26)(H,23,27). The number of nitrogens with one attached hydrogen (secondary N) is 1. The van der Waals surface area contributed by atoms with Gasteiger partial charge < -0.3 is 15.2 Å². The summed E-state index contributed by atoms with van der Waals surface area (Å²) < 4.78 is 2.40. The first kappa shape index (κ1) is 16.5. The molecule has 3 N–H and O–H groups in total. The minimum absolute atomic E-state index is 0.0916. The van der Waals surface area contributed by atoms with Crippen LogP contribution in [-0.2, 0) is 0 Å². The Hall–Kier alpha value is -3.72. The number of aryl methyl sites for hydroxylation is 1. The molecule has 8 nitrogen and oxygen atoms in total. The number of nitrogens with zero attached hydrogens (tertiary/aromatic N) is 4. The normalized spacial score (nSPS) is 11.5. The van der Waals surface area contributed by atoms with Gasteiger partial charge in [0.2, 0.25) is 0 Å². The van der Waals surface area contributed by atoms with Crippen LogP contribution in [0.15, 0.2) is 46.7 Å². The van der Waals surface area contributed by atoms with Gasteiger partial charge in [0.1, 0.15) is 11.3 Å². The molecule has 3 heterocycles. The molecule has 0 spiro atoms. The summed E-state index contributed by atoms with van der Waals surface area (Å²) in [7, 11) is 0. The molecule has 0 aliphatic carbocycles. The van der Waals surface area contributed by atoms with E-state index in [1.165, 1.54) is 22.0 Å². The average molecular weight is 391 g/mol. The van der Waals surface area contributed by atoms with Gasteiger partial charge >= 0.3 is 6.01 Å². The van der Waals surface area contributed by atoms with Crippen LogP contribution < -0.4 is 5.56 Å². The van der Waals surface area contributed by atoms with E-state index in [9.17, 15) is 15.0 Å². The Kier molecular flexibility index (Phi) is 3.46. The number of aromatic hydroxyl groups is 2. The fraction of sp³-hybridized carbons (Fsp3) is 0.0526. The molecule has 0 bridgehead atoms. The van der Waals surface area contributed by atoms with E-state index in [-0.39, 0.29) is 23.1 Å². The summed E-state index contributed by atoms with van der Waals surface area (Å²) in [6.07, 6.45) is 0. The van der Waals surface area contributed by atoms with Gasteiger partial charge in [0.15, 0.2) is 5.82 Å². The van der Waals surface area contributed by atoms with E-state index in [2.05, 4.69) is 20.2 Å². The maximum Gasteiger partial charge on any atom is 0.319 e. The van der Waals surface area contributed by atoms with Gasteiger partial charge in [0, 0.05) is 11.6 Å². The zero-order valence-corrected chi connectivity index (χ0v) is 15.4. The van der Waals surface area contributed by atoms with Crippen LogP contribution in [0.4, 0.5) is 0 Å². The number of benzene rings is 2. The maximum atomic E-state index is 11.8. The summed E-state index contributed by atoms with van der Waals surface area (Å²) in [5.74, 6) is 0.173. The lowest BCUT2D eigenvalue weighted by Gasteiger charge is -2.11. The van der Waals surface area contributed by atoms with Gasteiger partial charge in [-0.25, -0.2) is 9.55 Å². The Morgan fingerprint density at radius 2 is 2.00 bits per heavy atom. The molecule has 138 valence electrons. The average Bonchev–Trinajstić information content (AvgIpc) is 3.29. The van der Waals surface area contributed by atoms with Crippen molar-refractivity contribution in [2.24, 2.45) is 0 Å². The van der Waals surface area contributed by atoms with E-state index >= 15 is 0 Å². The number of thiazole rings is 1. The van der Waals surface area contributed by atoms with Crippen molar-refractivity contribution >= 4 is 32.5 Å². The second-order valence-corrected chi connectivity index (χ2v) is 7.26. The van der Waals surface area contributed by atoms with Crippen molar-refractivity contribution in [1.82, 2.24) is 24.7 Å². The van der Waals surface area contributed by atoms with Crippen molar-refractivity contribution in [3.63, 3.8) is 0 Å². The highest BCUT2D eigenvalue weighted by molar-refractivity contribution is 7.16. The number of para-hydroxylation sites is 1. The number of hydrogen-bond donors (Lipinski definition) is 3. The minimum Gasteiger partial charge on any atom is -0.507 e. The van der Waals surface area contributed by atoms with Gasteiger partial charge in [-0.1, -0.05) is 11.2 Å². The van der Waals surface area contributed by atoms with Gasteiger partial charge in [-0.2, -0.15) is 0 Å². The van der Waals surface area contributed by atoms with Crippen LogP contribution in [0.25, 0.3) is 38.2 Å². The highest BCUT2D eigenvalue weighted by atomic mass is 32.1. The second-order valence-electron chi connectivity index (χ2n) is 6.37. The van der Waals surface area contributed by atoms with E-state index in [0.717, 1.165) is 10.1 Å². The van der Waals surface area contributed by atoms with Crippen molar-refractivity contribution in [3.8, 4) is 28.8 Å². The molecule has 0 fully saturated rings.